The Labute approximate surface area is 125 Å². The standard InChI is InChI=1S/C15H24N2O4/c16-13(14(18)19)10-6-7-11-17-15(20)21-12-8-4-2-1-3-5-9-12/h2-5,12-13H,1,6-11,16H2,(H,17,20)(H,18,19)/b4-2+,5-3+/t13-/m0/s1. The fraction of sp³-hybridized carbons (Fsp3) is 0.600. The topological polar surface area (TPSA) is 102 Å². The van der Waals surface area contributed by atoms with E-state index in [1.165, 1.54) is 0 Å². The molecule has 1 amide bonds. The van der Waals surface area contributed by atoms with Crippen molar-refractivity contribution in [2.24, 2.45) is 5.73 Å². The quantitative estimate of drug-likeness (QED) is 0.492. The number of amides is 1. The molecular weight excluding hydrogens is 272 g/mol. The van der Waals surface area contributed by atoms with Gasteiger partial charge in [0.1, 0.15) is 12.1 Å². The number of hydrogen-bond donors (Lipinski definition) is 3. The number of alkyl carbamates (subject to hydrolysis) is 1. The van der Waals surface area contributed by atoms with Crippen LogP contribution in [0.1, 0.15) is 38.5 Å². The average molecular weight is 296 g/mol. The molecule has 0 spiro atoms. The fourth-order valence-electron chi connectivity index (χ4n) is 1.96. The normalized spacial score (nSPS) is 19.9. The summed E-state index contributed by atoms with van der Waals surface area (Å²) in [7, 11) is 0. The van der Waals surface area contributed by atoms with Crippen molar-refractivity contribution >= 4 is 12.1 Å². The van der Waals surface area contributed by atoms with E-state index in [2.05, 4.69) is 17.5 Å². The summed E-state index contributed by atoms with van der Waals surface area (Å²) in [6.07, 6.45) is 11.7. The Hall–Kier alpha value is -1.82. The van der Waals surface area contributed by atoms with Gasteiger partial charge in [-0.3, -0.25) is 4.79 Å². The van der Waals surface area contributed by atoms with Crippen LogP contribution in [-0.4, -0.2) is 35.9 Å². The van der Waals surface area contributed by atoms with Crippen LogP contribution in [0.3, 0.4) is 0 Å². The van der Waals surface area contributed by atoms with Gasteiger partial charge in [0.15, 0.2) is 0 Å². The van der Waals surface area contributed by atoms with Gasteiger partial charge in [0.05, 0.1) is 0 Å². The molecule has 6 nitrogen and oxygen atoms in total. The van der Waals surface area contributed by atoms with Crippen molar-refractivity contribution in [3.8, 4) is 0 Å². The zero-order chi connectivity index (χ0) is 15.5. The maximum Gasteiger partial charge on any atom is 0.407 e. The molecule has 0 bridgehead atoms. The minimum absolute atomic E-state index is 0.127. The molecule has 21 heavy (non-hydrogen) atoms. The number of aliphatic carboxylic acids is 1. The van der Waals surface area contributed by atoms with Gasteiger partial charge >= 0.3 is 12.1 Å². The molecule has 0 aromatic carbocycles. The summed E-state index contributed by atoms with van der Waals surface area (Å²) < 4.78 is 5.32. The van der Waals surface area contributed by atoms with Gasteiger partial charge in [0.25, 0.3) is 0 Å². The van der Waals surface area contributed by atoms with E-state index in [0.717, 1.165) is 19.3 Å². The molecule has 0 saturated carbocycles. The largest absolute Gasteiger partial charge is 0.480 e. The Kier molecular flexibility index (Phi) is 8.19. The first-order chi connectivity index (χ1) is 10.1. The van der Waals surface area contributed by atoms with Crippen molar-refractivity contribution in [3.63, 3.8) is 0 Å². The Bertz CT molecular complexity index is 379. The number of nitrogens with one attached hydrogen (secondary N) is 1. The molecule has 4 N–H and O–H groups in total. The molecule has 1 aliphatic carbocycles. The lowest BCUT2D eigenvalue weighted by Gasteiger charge is -2.16. The molecular formula is C15H24N2O4. The molecule has 0 fully saturated rings. The zero-order valence-corrected chi connectivity index (χ0v) is 12.2. The highest BCUT2D eigenvalue weighted by atomic mass is 16.6. The number of carbonyl (C=O) groups excluding carboxylic acids is 1. The van der Waals surface area contributed by atoms with E-state index in [4.69, 9.17) is 15.6 Å². The highest BCUT2D eigenvalue weighted by Gasteiger charge is 2.13. The van der Waals surface area contributed by atoms with Crippen LogP contribution < -0.4 is 11.1 Å². The van der Waals surface area contributed by atoms with Crippen molar-refractivity contribution in [2.75, 3.05) is 6.54 Å². The summed E-state index contributed by atoms with van der Waals surface area (Å²) in [4.78, 5) is 22.1. The molecule has 1 rings (SSSR count). The highest BCUT2D eigenvalue weighted by Crippen LogP contribution is 2.10. The molecule has 1 aliphatic rings. The van der Waals surface area contributed by atoms with Crippen molar-refractivity contribution in [3.05, 3.63) is 24.3 Å². The molecule has 0 aliphatic heterocycles. The Morgan fingerprint density at radius 3 is 2.52 bits per heavy atom. The number of rotatable bonds is 7. The molecule has 0 saturated heterocycles. The van der Waals surface area contributed by atoms with Gasteiger partial charge in [0.2, 0.25) is 0 Å². The summed E-state index contributed by atoms with van der Waals surface area (Å²) in [6.45, 7) is 0.462. The third-order valence-corrected chi connectivity index (χ3v) is 3.21. The first kappa shape index (κ1) is 17.2. The van der Waals surface area contributed by atoms with Gasteiger partial charge in [-0.15, -0.1) is 0 Å². The van der Waals surface area contributed by atoms with E-state index >= 15 is 0 Å². The van der Waals surface area contributed by atoms with Crippen LogP contribution in [0.15, 0.2) is 24.3 Å². The lowest BCUT2D eigenvalue weighted by atomic mass is 10.1. The summed E-state index contributed by atoms with van der Waals surface area (Å²) >= 11 is 0. The van der Waals surface area contributed by atoms with Crippen LogP contribution in [-0.2, 0) is 9.53 Å². The van der Waals surface area contributed by atoms with Gasteiger partial charge in [-0.05, 0) is 25.7 Å². The number of carbonyl (C=O) groups is 2. The predicted molar refractivity (Wildman–Crippen MR) is 79.9 cm³/mol. The Morgan fingerprint density at radius 2 is 1.90 bits per heavy atom. The molecule has 118 valence electrons. The third kappa shape index (κ3) is 8.14. The second-order valence-electron chi connectivity index (χ2n) is 5.04. The van der Waals surface area contributed by atoms with Gasteiger partial charge in [-0.2, -0.15) is 0 Å². The Balaban J connectivity index is 2.10. The van der Waals surface area contributed by atoms with Gasteiger partial charge in [-0.25, -0.2) is 4.79 Å². The van der Waals surface area contributed by atoms with E-state index < -0.39 is 18.1 Å². The predicted octanol–water partition coefficient (Wildman–Crippen LogP) is 1.96. The van der Waals surface area contributed by atoms with Crippen LogP contribution in [0.25, 0.3) is 0 Å². The van der Waals surface area contributed by atoms with Gasteiger partial charge < -0.3 is 20.9 Å². The summed E-state index contributed by atoms with van der Waals surface area (Å²) in [6, 6.07) is -0.828. The molecule has 0 radical (unpaired) electrons. The maximum atomic E-state index is 11.6. The minimum atomic E-state index is -0.993. The van der Waals surface area contributed by atoms with E-state index in [-0.39, 0.29) is 6.10 Å². The SMILES string of the molecule is N[C@@H](CCCCNC(=O)OC1C/C=C/C/C=C/C1)C(=O)O. The number of ether oxygens (including phenoxy) is 1. The number of allylic oxidation sites excluding steroid dienone is 2. The van der Waals surface area contributed by atoms with Crippen LogP contribution in [0.2, 0.25) is 0 Å². The number of unbranched alkanes of at least 4 members (excludes halogenated alkanes) is 1. The summed E-state index contributed by atoms with van der Waals surface area (Å²) in [5, 5.41) is 11.3. The van der Waals surface area contributed by atoms with Crippen molar-refractivity contribution in [1.82, 2.24) is 5.32 Å². The van der Waals surface area contributed by atoms with Gasteiger partial charge in [-0.1, -0.05) is 24.3 Å². The van der Waals surface area contributed by atoms with Crippen LogP contribution in [0, 0.1) is 0 Å². The monoisotopic (exact) mass is 296 g/mol. The lowest BCUT2D eigenvalue weighted by Crippen LogP contribution is -2.31. The fourth-order valence-corrected chi connectivity index (χ4v) is 1.96. The van der Waals surface area contributed by atoms with E-state index in [1.807, 2.05) is 12.2 Å². The zero-order valence-electron chi connectivity index (χ0n) is 12.2. The van der Waals surface area contributed by atoms with E-state index in [0.29, 0.717) is 25.8 Å². The lowest BCUT2D eigenvalue weighted by molar-refractivity contribution is -0.138. The first-order valence-corrected chi connectivity index (χ1v) is 7.32. The first-order valence-electron chi connectivity index (χ1n) is 7.32. The van der Waals surface area contributed by atoms with Crippen molar-refractivity contribution in [1.29, 1.82) is 0 Å². The highest BCUT2D eigenvalue weighted by molar-refractivity contribution is 5.72. The van der Waals surface area contributed by atoms with Crippen LogP contribution in [0.4, 0.5) is 4.79 Å². The van der Waals surface area contributed by atoms with Crippen molar-refractivity contribution < 1.29 is 19.4 Å². The minimum Gasteiger partial charge on any atom is -0.480 e. The number of nitrogens with two attached hydrogens (primary N) is 1. The molecule has 0 aromatic rings. The maximum absolute atomic E-state index is 11.6. The number of hydrogen-bond acceptors (Lipinski definition) is 4. The molecule has 6 heteroatoms. The Morgan fingerprint density at radius 1 is 1.24 bits per heavy atom. The third-order valence-electron chi connectivity index (χ3n) is 3.21. The van der Waals surface area contributed by atoms with E-state index in [9.17, 15) is 9.59 Å². The molecule has 0 unspecified atom stereocenters. The smallest absolute Gasteiger partial charge is 0.407 e. The summed E-state index contributed by atoms with van der Waals surface area (Å²) in [5.41, 5.74) is 5.39. The van der Waals surface area contributed by atoms with E-state index in [1.54, 1.807) is 0 Å². The summed E-state index contributed by atoms with van der Waals surface area (Å²) in [5.74, 6) is -0.993. The molecule has 1 atom stereocenters. The second-order valence-corrected chi connectivity index (χ2v) is 5.04. The average Bonchev–Trinajstić information content (AvgIpc) is 2.41. The molecule has 0 aromatic heterocycles. The number of carboxylic acids is 1. The van der Waals surface area contributed by atoms with Crippen LogP contribution in [0.5, 0.6) is 0 Å². The number of carboxylic acid groups (broad SMARTS) is 1. The van der Waals surface area contributed by atoms with Gasteiger partial charge in [0, 0.05) is 19.4 Å². The second kappa shape index (κ2) is 9.99. The molecule has 0 heterocycles. The van der Waals surface area contributed by atoms with Crippen LogP contribution >= 0.6 is 0 Å². The van der Waals surface area contributed by atoms with Crippen molar-refractivity contribution in [2.45, 2.75) is 50.7 Å².